The fraction of sp³-hybridized carbons (Fsp3) is 0.500. The Kier molecular flexibility index (Phi) is 5.85. The number of nitrogens with two attached hydrogens (primary N) is 1. The van der Waals surface area contributed by atoms with Crippen LogP contribution in [0.15, 0.2) is 24.3 Å². The molecular formula is C12H19NO3. The summed E-state index contributed by atoms with van der Waals surface area (Å²) in [5, 5.41) is 8.49. The maximum absolute atomic E-state index is 8.49. The quantitative estimate of drug-likeness (QED) is 0.682. The van der Waals surface area contributed by atoms with Gasteiger partial charge in [-0.1, -0.05) is 12.1 Å². The summed E-state index contributed by atoms with van der Waals surface area (Å²) < 4.78 is 10.5. The van der Waals surface area contributed by atoms with E-state index in [1.807, 2.05) is 31.2 Å². The first kappa shape index (κ1) is 13.0. The Labute approximate surface area is 96.0 Å². The van der Waals surface area contributed by atoms with E-state index in [2.05, 4.69) is 0 Å². The first-order valence-electron chi connectivity index (χ1n) is 5.41. The molecule has 0 aliphatic carbocycles. The van der Waals surface area contributed by atoms with E-state index in [4.69, 9.17) is 20.3 Å². The third-order valence-corrected chi connectivity index (χ3v) is 2.14. The maximum Gasteiger partial charge on any atom is 0.119 e. The summed E-state index contributed by atoms with van der Waals surface area (Å²) in [4.78, 5) is 0. The molecule has 1 aromatic rings. The minimum absolute atomic E-state index is 0.0435. The van der Waals surface area contributed by atoms with Gasteiger partial charge in [0, 0.05) is 6.04 Å². The van der Waals surface area contributed by atoms with Crippen molar-refractivity contribution in [1.82, 2.24) is 0 Å². The minimum Gasteiger partial charge on any atom is -0.491 e. The van der Waals surface area contributed by atoms with Crippen molar-refractivity contribution >= 4 is 0 Å². The van der Waals surface area contributed by atoms with Gasteiger partial charge in [0.25, 0.3) is 0 Å². The first-order chi connectivity index (χ1) is 7.74. The van der Waals surface area contributed by atoms with Gasteiger partial charge < -0.3 is 20.3 Å². The topological polar surface area (TPSA) is 64.7 Å². The summed E-state index contributed by atoms with van der Waals surface area (Å²) >= 11 is 0. The second-order valence-electron chi connectivity index (χ2n) is 3.54. The van der Waals surface area contributed by atoms with E-state index in [-0.39, 0.29) is 12.6 Å². The summed E-state index contributed by atoms with van der Waals surface area (Å²) in [5.41, 5.74) is 6.82. The highest BCUT2D eigenvalue weighted by Gasteiger charge is 1.99. The highest BCUT2D eigenvalue weighted by Crippen LogP contribution is 2.15. The molecule has 0 heterocycles. The Bertz CT molecular complexity index is 285. The SMILES string of the molecule is C[C@@H](N)c1ccc(OCCOCCO)cc1. The van der Waals surface area contributed by atoms with E-state index in [1.165, 1.54) is 0 Å². The standard InChI is InChI=1S/C12H19NO3/c1-10(13)11-2-4-12(5-3-11)16-9-8-15-7-6-14/h2-5,10,14H,6-9,13H2,1H3/t10-/m1/s1. The molecule has 0 spiro atoms. The lowest BCUT2D eigenvalue weighted by Gasteiger charge is -2.09. The summed E-state index contributed by atoms with van der Waals surface area (Å²) in [5.74, 6) is 0.803. The molecule has 0 saturated carbocycles. The summed E-state index contributed by atoms with van der Waals surface area (Å²) in [7, 11) is 0. The molecule has 0 aromatic heterocycles. The van der Waals surface area contributed by atoms with Crippen LogP contribution in [0.5, 0.6) is 5.75 Å². The lowest BCUT2D eigenvalue weighted by atomic mass is 10.1. The minimum atomic E-state index is 0.0435. The van der Waals surface area contributed by atoms with Gasteiger partial charge in [0.2, 0.25) is 0 Å². The van der Waals surface area contributed by atoms with Crippen LogP contribution in [0.2, 0.25) is 0 Å². The van der Waals surface area contributed by atoms with Gasteiger partial charge in [0.05, 0.1) is 19.8 Å². The summed E-state index contributed by atoms with van der Waals surface area (Å²) in [6.07, 6.45) is 0. The van der Waals surface area contributed by atoms with Gasteiger partial charge in [-0.15, -0.1) is 0 Å². The smallest absolute Gasteiger partial charge is 0.119 e. The third-order valence-electron chi connectivity index (χ3n) is 2.14. The van der Waals surface area contributed by atoms with Crippen LogP contribution < -0.4 is 10.5 Å². The zero-order chi connectivity index (χ0) is 11.8. The van der Waals surface area contributed by atoms with E-state index < -0.39 is 0 Å². The lowest BCUT2D eigenvalue weighted by Crippen LogP contribution is -2.09. The molecule has 0 radical (unpaired) electrons. The molecule has 1 rings (SSSR count). The third kappa shape index (κ3) is 4.61. The summed E-state index contributed by atoms with van der Waals surface area (Å²) in [6, 6.07) is 7.74. The van der Waals surface area contributed by atoms with Gasteiger partial charge in [0.1, 0.15) is 12.4 Å². The second kappa shape index (κ2) is 7.22. The van der Waals surface area contributed by atoms with E-state index >= 15 is 0 Å². The Morgan fingerprint density at radius 2 is 1.88 bits per heavy atom. The zero-order valence-corrected chi connectivity index (χ0v) is 9.56. The fourth-order valence-electron chi connectivity index (χ4n) is 1.25. The van der Waals surface area contributed by atoms with Crippen molar-refractivity contribution in [1.29, 1.82) is 0 Å². The van der Waals surface area contributed by atoms with Gasteiger partial charge in [-0.2, -0.15) is 0 Å². The number of aliphatic hydroxyl groups excluding tert-OH is 1. The molecule has 90 valence electrons. The van der Waals surface area contributed by atoms with E-state index in [1.54, 1.807) is 0 Å². The highest BCUT2D eigenvalue weighted by molar-refractivity contribution is 5.28. The van der Waals surface area contributed by atoms with Gasteiger partial charge in [-0.3, -0.25) is 0 Å². The van der Waals surface area contributed by atoms with Crippen LogP contribution in [0.1, 0.15) is 18.5 Å². The van der Waals surface area contributed by atoms with E-state index in [0.29, 0.717) is 19.8 Å². The molecule has 1 atom stereocenters. The predicted molar refractivity (Wildman–Crippen MR) is 62.4 cm³/mol. The monoisotopic (exact) mass is 225 g/mol. The number of benzene rings is 1. The van der Waals surface area contributed by atoms with Gasteiger partial charge in [0.15, 0.2) is 0 Å². The average molecular weight is 225 g/mol. The van der Waals surface area contributed by atoms with Crippen LogP contribution in [0.4, 0.5) is 0 Å². The number of rotatable bonds is 7. The van der Waals surface area contributed by atoms with Crippen molar-refractivity contribution in [2.24, 2.45) is 5.73 Å². The fourth-order valence-corrected chi connectivity index (χ4v) is 1.25. The molecule has 0 aliphatic heterocycles. The van der Waals surface area contributed by atoms with Crippen LogP contribution in [-0.4, -0.2) is 31.5 Å². The van der Waals surface area contributed by atoms with Crippen molar-refractivity contribution in [3.05, 3.63) is 29.8 Å². The molecule has 4 heteroatoms. The van der Waals surface area contributed by atoms with E-state index in [9.17, 15) is 0 Å². The van der Waals surface area contributed by atoms with Crippen molar-refractivity contribution in [3.8, 4) is 5.75 Å². The van der Waals surface area contributed by atoms with Crippen LogP contribution in [-0.2, 0) is 4.74 Å². The lowest BCUT2D eigenvalue weighted by molar-refractivity contribution is 0.0705. The molecule has 0 fully saturated rings. The van der Waals surface area contributed by atoms with Crippen LogP contribution in [0.3, 0.4) is 0 Å². The number of hydrogen-bond donors (Lipinski definition) is 2. The maximum atomic E-state index is 8.49. The largest absolute Gasteiger partial charge is 0.491 e. The molecular weight excluding hydrogens is 206 g/mol. The zero-order valence-electron chi connectivity index (χ0n) is 9.56. The van der Waals surface area contributed by atoms with Crippen LogP contribution >= 0.6 is 0 Å². The molecule has 0 unspecified atom stereocenters. The van der Waals surface area contributed by atoms with E-state index in [0.717, 1.165) is 11.3 Å². The molecule has 3 N–H and O–H groups in total. The summed E-state index contributed by atoms with van der Waals surface area (Å²) in [6.45, 7) is 3.31. The van der Waals surface area contributed by atoms with Gasteiger partial charge >= 0.3 is 0 Å². The Balaban J connectivity index is 2.27. The molecule has 16 heavy (non-hydrogen) atoms. The average Bonchev–Trinajstić information content (AvgIpc) is 2.29. The Morgan fingerprint density at radius 3 is 2.44 bits per heavy atom. The first-order valence-corrected chi connectivity index (χ1v) is 5.41. The molecule has 0 aliphatic rings. The molecule has 0 amide bonds. The molecule has 0 bridgehead atoms. The molecule has 0 saturated heterocycles. The van der Waals surface area contributed by atoms with Crippen molar-refractivity contribution < 1.29 is 14.6 Å². The second-order valence-corrected chi connectivity index (χ2v) is 3.54. The Hall–Kier alpha value is -1.10. The Morgan fingerprint density at radius 1 is 1.19 bits per heavy atom. The predicted octanol–water partition coefficient (Wildman–Crippen LogP) is 1.09. The van der Waals surface area contributed by atoms with Crippen LogP contribution in [0.25, 0.3) is 0 Å². The van der Waals surface area contributed by atoms with Crippen LogP contribution in [0, 0.1) is 0 Å². The highest BCUT2D eigenvalue weighted by atomic mass is 16.5. The van der Waals surface area contributed by atoms with Crippen molar-refractivity contribution in [2.75, 3.05) is 26.4 Å². The molecule has 4 nitrogen and oxygen atoms in total. The van der Waals surface area contributed by atoms with Crippen molar-refractivity contribution in [2.45, 2.75) is 13.0 Å². The number of hydrogen-bond acceptors (Lipinski definition) is 4. The number of aliphatic hydroxyl groups is 1. The van der Waals surface area contributed by atoms with Gasteiger partial charge in [-0.25, -0.2) is 0 Å². The number of ether oxygens (including phenoxy) is 2. The van der Waals surface area contributed by atoms with Crippen molar-refractivity contribution in [3.63, 3.8) is 0 Å². The van der Waals surface area contributed by atoms with Gasteiger partial charge in [-0.05, 0) is 24.6 Å². The normalized spacial score (nSPS) is 12.4. The molecule has 1 aromatic carbocycles.